The van der Waals surface area contributed by atoms with Crippen molar-refractivity contribution in [2.75, 3.05) is 25.0 Å². The summed E-state index contributed by atoms with van der Waals surface area (Å²) in [7, 11) is 0. The van der Waals surface area contributed by atoms with Crippen molar-refractivity contribution < 1.29 is 4.79 Å². The Morgan fingerprint density at radius 1 is 1.39 bits per heavy atom. The van der Waals surface area contributed by atoms with Crippen LogP contribution in [0.25, 0.3) is 0 Å². The van der Waals surface area contributed by atoms with Crippen LogP contribution in [0, 0.1) is 6.92 Å². The van der Waals surface area contributed by atoms with Gasteiger partial charge in [0.15, 0.2) is 0 Å². The fourth-order valence-electron chi connectivity index (χ4n) is 4.04. The molecule has 6 nitrogen and oxygen atoms in total. The summed E-state index contributed by atoms with van der Waals surface area (Å²) in [6.07, 6.45) is 5.90. The van der Waals surface area contributed by atoms with Gasteiger partial charge in [-0.25, -0.2) is 9.48 Å². The standard InChI is InChI=1S/C17H29N5O/c1-4-14(3)22-15(11-13(2)20-22)19-16(23)18-12-17-7-5-9-21(17)10-6-8-17/h11,14H,4-10,12H2,1-3H3,(H2,18,19,23)/t14-/m0/s1. The Bertz CT molecular complexity index is 557. The third-order valence-electron chi connectivity index (χ3n) is 5.50. The van der Waals surface area contributed by atoms with Crippen LogP contribution in [-0.2, 0) is 0 Å². The molecule has 3 rings (SSSR count). The zero-order valence-electron chi connectivity index (χ0n) is 14.6. The molecule has 2 aliphatic rings. The van der Waals surface area contributed by atoms with E-state index in [0.717, 1.165) is 24.5 Å². The number of hydrogen-bond acceptors (Lipinski definition) is 3. The molecule has 2 saturated heterocycles. The zero-order valence-corrected chi connectivity index (χ0v) is 14.6. The molecule has 128 valence electrons. The van der Waals surface area contributed by atoms with Gasteiger partial charge >= 0.3 is 6.03 Å². The Balaban J connectivity index is 1.60. The summed E-state index contributed by atoms with van der Waals surface area (Å²) < 4.78 is 1.91. The monoisotopic (exact) mass is 319 g/mol. The number of anilines is 1. The maximum atomic E-state index is 12.3. The lowest BCUT2D eigenvalue weighted by atomic mass is 9.94. The van der Waals surface area contributed by atoms with Crippen LogP contribution in [0.1, 0.15) is 57.7 Å². The van der Waals surface area contributed by atoms with E-state index in [1.54, 1.807) is 0 Å². The highest BCUT2D eigenvalue weighted by atomic mass is 16.2. The minimum absolute atomic E-state index is 0.123. The molecule has 0 aliphatic carbocycles. The van der Waals surface area contributed by atoms with Gasteiger partial charge in [0.05, 0.1) is 11.7 Å². The fourth-order valence-corrected chi connectivity index (χ4v) is 4.04. The van der Waals surface area contributed by atoms with E-state index in [4.69, 9.17) is 0 Å². The summed E-state index contributed by atoms with van der Waals surface area (Å²) in [5.41, 5.74) is 1.14. The van der Waals surface area contributed by atoms with E-state index in [1.165, 1.54) is 38.8 Å². The summed E-state index contributed by atoms with van der Waals surface area (Å²) in [4.78, 5) is 14.9. The molecular weight excluding hydrogens is 290 g/mol. The highest BCUT2D eigenvalue weighted by Gasteiger charge is 2.44. The second-order valence-electron chi connectivity index (χ2n) is 7.10. The maximum Gasteiger partial charge on any atom is 0.320 e. The Kier molecular flexibility index (Phi) is 4.62. The molecule has 1 atom stereocenters. The SMILES string of the molecule is CC[C@H](C)n1nc(C)cc1NC(=O)NCC12CCCN1CCC2. The van der Waals surface area contributed by atoms with Crippen LogP contribution < -0.4 is 10.6 Å². The third kappa shape index (κ3) is 3.22. The topological polar surface area (TPSA) is 62.2 Å². The van der Waals surface area contributed by atoms with E-state index in [1.807, 2.05) is 17.7 Å². The first-order chi connectivity index (χ1) is 11.0. The minimum Gasteiger partial charge on any atom is -0.336 e. The number of fused-ring (bicyclic) bond motifs is 1. The van der Waals surface area contributed by atoms with Gasteiger partial charge in [0.1, 0.15) is 5.82 Å². The molecule has 2 amide bonds. The molecule has 23 heavy (non-hydrogen) atoms. The van der Waals surface area contributed by atoms with Gasteiger partial charge in [-0.05, 0) is 59.0 Å². The average Bonchev–Trinajstić information content (AvgIpc) is 3.18. The molecule has 6 heteroatoms. The number of aryl methyl sites for hydroxylation is 1. The number of nitrogens with zero attached hydrogens (tertiary/aromatic N) is 3. The van der Waals surface area contributed by atoms with Gasteiger partial charge in [0, 0.05) is 18.2 Å². The van der Waals surface area contributed by atoms with Crippen molar-refractivity contribution in [3.8, 4) is 0 Å². The first-order valence-corrected chi connectivity index (χ1v) is 8.90. The van der Waals surface area contributed by atoms with E-state index in [2.05, 4.69) is 34.5 Å². The first-order valence-electron chi connectivity index (χ1n) is 8.90. The van der Waals surface area contributed by atoms with Crippen molar-refractivity contribution in [1.82, 2.24) is 20.0 Å². The van der Waals surface area contributed by atoms with Crippen LogP contribution in [0.3, 0.4) is 0 Å². The Morgan fingerprint density at radius 2 is 2.09 bits per heavy atom. The van der Waals surface area contributed by atoms with Gasteiger partial charge < -0.3 is 5.32 Å². The Labute approximate surface area is 138 Å². The summed E-state index contributed by atoms with van der Waals surface area (Å²) in [5, 5.41) is 10.6. The largest absolute Gasteiger partial charge is 0.336 e. The van der Waals surface area contributed by atoms with E-state index in [9.17, 15) is 4.79 Å². The second kappa shape index (κ2) is 6.51. The fraction of sp³-hybridized carbons (Fsp3) is 0.765. The molecule has 0 unspecified atom stereocenters. The van der Waals surface area contributed by atoms with Crippen molar-refractivity contribution in [3.05, 3.63) is 11.8 Å². The maximum absolute atomic E-state index is 12.3. The van der Waals surface area contributed by atoms with Crippen LogP contribution in [0.5, 0.6) is 0 Å². The molecule has 3 heterocycles. The van der Waals surface area contributed by atoms with Gasteiger partial charge in [0.2, 0.25) is 0 Å². The Morgan fingerprint density at radius 3 is 2.74 bits per heavy atom. The quantitative estimate of drug-likeness (QED) is 0.877. The summed E-state index contributed by atoms with van der Waals surface area (Å²) in [6, 6.07) is 2.09. The van der Waals surface area contributed by atoms with Crippen LogP contribution >= 0.6 is 0 Å². The number of nitrogens with one attached hydrogen (secondary N) is 2. The number of urea groups is 1. The van der Waals surface area contributed by atoms with Crippen molar-refractivity contribution in [1.29, 1.82) is 0 Å². The number of amides is 2. The van der Waals surface area contributed by atoms with Crippen molar-refractivity contribution in [2.45, 2.75) is 64.5 Å². The van der Waals surface area contributed by atoms with Crippen LogP contribution in [0.15, 0.2) is 6.07 Å². The number of rotatable bonds is 5. The molecule has 0 radical (unpaired) electrons. The molecular formula is C17H29N5O. The molecule has 2 fully saturated rings. The molecule has 0 bridgehead atoms. The van der Waals surface area contributed by atoms with E-state index in [0.29, 0.717) is 0 Å². The number of aromatic nitrogens is 2. The molecule has 2 aliphatic heterocycles. The highest BCUT2D eigenvalue weighted by molar-refractivity contribution is 5.88. The Hall–Kier alpha value is -1.56. The first kappa shape index (κ1) is 16.3. The molecule has 1 aromatic heterocycles. The van der Waals surface area contributed by atoms with Crippen LogP contribution in [0.4, 0.5) is 10.6 Å². The van der Waals surface area contributed by atoms with E-state index < -0.39 is 0 Å². The molecule has 0 saturated carbocycles. The van der Waals surface area contributed by atoms with Gasteiger partial charge in [-0.2, -0.15) is 5.10 Å². The van der Waals surface area contributed by atoms with Crippen LogP contribution in [0.2, 0.25) is 0 Å². The molecule has 2 N–H and O–H groups in total. The summed E-state index contributed by atoms with van der Waals surface area (Å²) in [6.45, 7) is 9.31. The van der Waals surface area contributed by atoms with Crippen molar-refractivity contribution >= 4 is 11.8 Å². The predicted octanol–water partition coefficient (Wildman–Crippen LogP) is 2.91. The summed E-state index contributed by atoms with van der Waals surface area (Å²) >= 11 is 0. The smallest absolute Gasteiger partial charge is 0.320 e. The molecule has 0 spiro atoms. The number of hydrogen-bond donors (Lipinski definition) is 2. The molecule has 0 aromatic carbocycles. The van der Waals surface area contributed by atoms with Gasteiger partial charge in [-0.15, -0.1) is 0 Å². The van der Waals surface area contributed by atoms with Gasteiger partial charge in [-0.1, -0.05) is 6.92 Å². The number of carbonyl (C=O) groups excluding carboxylic acids is 1. The lowest BCUT2D eigenvalue weighted by molar-refractivity contribution is 0.189. The highest BCUT2D eigenvalue weighted by Crippen LogP contribution is 2.38. The van der Waals surface area contributed by atoms with Gasteiger partial charge in [-0.3, -0.25) is 10.2 Å². The predicted molar refractivity (Wildman–Crippen MR) is 91.8 cm³/mol. The zero-order chi connectivity index (χ0) is 16.4. The lowest BCUT2D eigenvalue weighted by Crippen LogP contribution is -2.49. The van der Waals surface area contributed by atoms with E-state index in [-0.39, 0.29) is 17.6 Å². The minimum atomic E-state index is -0.123. The average molecular weight is 319 g/mol. The third-order valence-corrected chi connectivity index (χ3v) is 5.50. The lowest BCUT2D eigenvalue weighted by Gasteiger charge is -2.32. The van der Waals surface area contributed by atoms with Crippen molar-refractivity contribution in [3.63, 3.8) is 0 Å². The molecule has 1 aromatic rings. The van der Waals surface area contributed by atoms with Gasteiger partial charge in [0.25, 0.3) is 0 Å². The summed E-state index contributed by atoms with van der Waals surface area (Å²) in [5.74, 6) is 0.779. The normalized spacial score (nSPS) is 21.2. The van der Waals surface area contributed by atoms with E-state index >= 15 is 0 Å². The second-order valence-corrected chi connectivity index (χ2v) is 7.10. The van der Waals surface area contributed by atoms with Crippen LogP contribution in [-0.4, -0.2) is 45.9 Å². The van der Waals surface area contributed by atoms with Crippen molar-refractivity contribution in [2.24, 2.45) is 0 Å². The number of carbonyl (C=O) groups is 1.